The highest BCUT2D eigenvalue weighted by molar-refractivity contribution is 6.08. The second kappa shape index (κ2) is 12.1. The molecule has 6 rings (SSSR count). The number of imidazole rings is 1. The fraction of sp³-hybridized carbons (Fsp3) is 0.250. The average molecular weight is 617 g/mol. The first-order chi connectivity index (χ1) is 21.5. The van der Waals surface area contributed by atoms with Crippen LogP contribution in [0, 0.1) is 6.92 Å². The molecule has 0 radical (unpaired) electrons. The number of halogens is 3. The molecule has 2 aromatic heterocycles. The Morgan fingerprint density at radius 1 is 0.889 bits per heavy atom. The van der Waals surface area contributed by atoms with Crippen molar-refractivity contribution in [3.8, 4) is 16.9 Å². The van der Waals surface area contributed by atoms with E-state index in [9.17, 15) is 22.8 Å². The Morgan fingerprint density at radius 2 is 1.60 bits per heavy atom. The first-order valence-electron chi connectivity index (χ1n) is 14.4. The van der Waals surface area contributed by atoms with Crippen molar-refractivity contribution in [2.45, 2.75) is 19.5 Å². The number of likely N-dealkylation sites (N-methyl/N-ethyl adjacent to an activating group) is 1. The summed E-state index contributed by atoms with van der Waals surface area (Å²) in [6, 6.07) is 16.7. The van der Waals surface area contributed by atoms with Crippen LogP contribution in [0.4, 0.5) is 30.2 Å². The van der Waals surface area contributed by atoms with Crippen LogP contribution < -0.4 is 15.5 Å². The van der Waals surface area contributed by atoms with E-state index in [-0.39, 0.29) is 11.4 Å². The molecule has 5 aromatic rings. The molecule has 3 heterocycles. The number of piperazine rings is 1. The van der Waals surface area contributed by atoms with E-state index in [0.29, 0.717) is 16.9 Å². The number of hydrogen-bond donors (Lipinski definition) is 3. The summed E-state index contributed by atoms with van der Waals surface area (Å²) in [6.45, 7) is 5.73. The van der Waals surface area contributed by atoms with Crippen LogP contribution >= 0.6 is 0 Å². The topological polar surface area (TPSA) is 111 Å². The number of aromatic amines is 1. The summed E-state index contributed by atoms with van der Waals surface area (Å²) in [7, 11) is 2.13. The van der Waals surface area contributed by atoms with Gasteiger partial charge in [-0.15, -0.1) is 0 Å². The monoisotopic (exact) mass is 616 g/mol. The van der Waals surface area contributed by atoms with Crippen LogP contribution in [-0.4, -0.2) is 69.7 Å². The maximum Gasteiger partial charge on any atom is 0.416 e. The van der Waals surface area contributed by atoms with Gasteiger partial charge in [0.25, 0.3) is 0 Å². The van der Waals surface area contributed by atoms with Gasteiger partial charge in [-0.3, -0.25) is 14.7 Å². The lowest BCUT2D eigenvalue weighted by molar-refractivity contribution is -0.137. The molecule has 1 fully saturated rings. The number of carbonyl (C=O) groups excluding carboxylic acids is 2. The quantitative estimate of drug-likeness (QED) is 0.210. The van der Waals surface area contributed by atoms with Gasteiger partial charge in [0.2, 0.25) is 11.8 Å². The first-order valence-corrected chi connectivity index (χ1v) is 14.4. The van der Waals surface area contributed by atoms with Crippen LogP contribution in [0.2, 0.25) is 0 Å². The van der Waals surface area contributed by atoms with Gasteiger partial charge >= 0.3 is 6.18 Å². The Kier molecular flexibility index (Phi) is 8.02. The lowest BCUT2D eigenvalue weighted by Crippen LogP contribution is -2.44. The van der Waals surface area contributed by atoms with Crippen LogP contribution in [0.15, 0.2) is 73.2 Å². The number of benzene rings is 3. The number of H-pyrrole nitrogens is 1. The van der Waals surface area contributed by atoms with E-state index in [2.05, 4.69) is 54.8 Å². The van der Waals surface area contributed by atoms with Gasteiger partial charge in [0, 0.05) is 66.1 Å². The Hall–Kier alpha value is -5.17. The minimum absolute atomic E-state index is 0.0908. The summed E-state index contributed by atoms with van der Waals surface area (Å²) in [5.41, 5.74) is 3.79. The molecule has 0 spiro atoms. The molecule has 0 unspecified atom stereocenters. The molecule has 1 saturated heterocycles. The van der Waals surface area contributed by atoms with Crippen molar-refractivity contribution in [2.75, 3.05) is 48.8 Å². The van der Waals surface area contributed by atoms with Crippen molar-refractivity contribution in [3.05, 3.63) is 84.4 Å². The molecular weight excluding hydrogens is 585 g/mol. The van der Waals surface area contributed by atoms with E-state index >= 15 is 0 Å². The zero-order valence-electron chi connectivity index (χ0n) is 24.7. The molecule has 10 nitrogen and oxygen atoms in total. The van der Waals surface area contributed by atoms with Crippen molar-refractivity contribution in [1.29, 1.82) is 0 Å². The molecule has 0 aliphatic carbocycles. The Morgan fingerprint density at radius 3 is 2.27 bits per heavy atom. The van der Waals surface area contributed by atoms with E-state index in [1.54, 1.807) is 25.3 Å². The van der Waals surface area contributed by atoms with Gasteiger partial charge in [-0.25, -0.2) is 4.98 Å². The molecule has 13 heteroatoms. The number of nitrogens with zero attached hydrogens (tertiary/aromatic N) is 5. The third-order valence-corrected chi connectivity index (χ3v) is 7.72. The number of hydrogen-bond acceptors (Lipinski definition) is 6. The number of alkyl halides is 3. The Labute approximate surface area is 256 Å². The van der Waals surface area contributed by atoms with Crippen molar-refractivity contribution < 1.29 is 22.8 Å². The Bertz CT molecular complexity index is 1850. The average Bonchev–Trinajstić information content (AvgIpc) is 3.63. The highest BCUT2D eigenvalue weighted by Crippen LogP contribution is 2.33. The van der Waals surface area contributed by atoms with Gasteiger partial charge in [-0.05, 0) is 62.5 Å². The van der Waals surface area contributed by atoms with Gasteiger partial charge in [-0.1, -0.05) is 12.1 Å². The SMILES string of the molecule is Cc1cn(-c2cc(NC(=O)CC(=O)Nc3ccc4c(-c5ccc(N6CCN(C)CC6)cc5)n[nH]c4c3)cc(C(F)(F)F)c2)cn1. The number of aromatic nitrogens is 4. The molecule has 1 aliphatic rings. The van der Waals surface area contributed by atoms with Crippen molar-refractivity contribution in [3.63, 3.8) is 0 Å². The zero-order valence-corrected chi connectivity index (χ0v) is 24.7. The minimum Gasteiger partial charge on any atom is -0.369 e. The van der Waals surface area contributed by atoms with Crippen LogP contribution in [0.1, 0.15) is 17.7 Å². The van der Waals surface area contributed by atoms with E-state index in [4.69, 9.17) is 0 Å². The number of carbonyl (C=O) groups is 2. The molecular formula is C32H31F3N8O2. The van der Waals surface area contributed by atoms with Gasteiger partial charge in [0.05, 0.1) is 28.8 Å². The fourth-order valence-electron chi connectivity index (χ4n) is 5.33. The molecule has 3 N–H and O–H groups in total. The normalized spacial score (nSPS) is 14.1. The number of anilines is 3. The summed E-state index contributed by atoms with van der Waals surface area (Å²) < 4.78 is 42.1. The van der Waals surface area contributed by atoms with Crippen LogP contribution in [0.3, 0.4) is 0 Å². The predicted molar refractivity (Wildman–Crippen MR) is 166 cm³/mol. The summed E-state index contributed by atoms with van der Waals surface area (Å²) in [5, 5.41) is 13.4. The molecule has 1 aliphatic heterocycles. The molecule has 0 saturated carbocycles. The number of aryl methyl sites for hydroxylation is 1. The second-order valence-corrected chi connectivity index (χ2v) is 11.1. The van der Waals surface area contributed by atoms with Crippen molar-refractivity contribution >= 4 is 39.8 Å². The summed E-state index contributed by atoms with van der Waals surface area (Å²) >= 11 is 0. The van der Waals surface area contributed by atoms with E-state index < -0.39 is 30.0 Å². The summed E-state index contributed by atoms with van der Waals surface area (Å²) in [5.74, 6) is -1.38. The minimum atomic E-state index is -4.64. The molecule has 45 heavy (non-hydrogen) atoms. The maximum absolute atomic E-state index is 13.6. The number of rotatable bonds is 7. The molecule has 0 bridgehead atoms. The van der Waals surface area contributed by atoms with E-state index in [0.717, 1.165) is 55.0 Å². The van der Waals surface area contributed by atoms with Crippen LogP contribution in [-0.2, 0) is 15.8 Å². The Balaban J connectivity index is 1.10. The highest BCUT2D eigenvalue weighted by Gasteiger charge is 2.31. The van der Waals surface area contributed by atoms with Crippen molar-refractivity contribution in [2.24, 2.45) is 0 Å². The van der Waals surface area contributed by atoms with Crippen LogP contribution in [0.25, 0.3) is 27.8 Å². The summed E-state index contributed by atoms with van der Waals surface area (Å²) in [4.78, 5) is 34.0. The lowest BCUT2D eigenvalue weighted by Gasteiger charge is -2.34. The van der Waals surface area contributed by atoms with Crippen LogP contribution in [0.5, 0.6) is 0 Å². The predicted octanol–water partition coefficient (Wildman–Crippen LogP) is 5.46. The first kappa shape index (κ1) is 29.9. The maximum atomic E-state index is 13.6. The van der Waals surface area contributed by atoms with Gasteiger partial charge in [0.15, 0.2) is 0 Å². The third kappa shape index (κ3) is 6.83. The standard InChI is InChI=1S/C32H31F3N8O2/c1-20-18-43(19-36-20)26-14-22(32(33,34)35)13-24(15-26)38-30(45)17-29(44)37-23-5-8-27-28(16-23)39-40-31(27)21-3-6-25(7-4-21)42-11-9-41(2)10-12-42/h3-8,13-16,18-19H,9-12,17H2,1-2H3,(H,37,44)(H,38,45)(H,39,40). The second-order valence-electron chi connectivity index (χ2n) is 11.1. The zero-order chi connectivity index (χ0) is 31.7. The highest BCUT2D eigenvalue weighted by atomic mass is 19.4. The molecule has 232 valence electrons. The molecule has 2 amide bonds. The molecule has 3 aromatic carbocycles. The summed E-state index contributed by atoms with van der Waals surface area (Å²) in [6.07, 6.45) is -2.28. The number of fused-ring (bicyclic) bond motifs is 1. The lowest BCUT2D eigenvalue weighted by atomic mass is 10.1. The fourth-order valence-corrected chi connectivity index (χ4v) is 5.33. The van der Waals surface area contributed by atoms with Gasteiger partial charge in [-0.2, -0.15) is 18.3 Å². The smallest absolute Gasteiger partial charge is 0.369 e. The molecule has 0 atom stereocenters. The van der Waals surface area contributed by atoms with Crippen molar-refractivity contribution in [1.82, 2.24) is 24.6 Å². The number of nitrogens with one attached hydrogen (secondary N) is 3. The van der Waals surface area contributed by atoms with Gasteiger partial charge < -0.3 is 25.0 Å². The number of amides is 2. The van der Waals surface area contributed by atoms with Gasteiger partial charge in [0.1, 0.15) is 6.42 Å². The third-order valence-electron chi connectivity index (χ3n) is 7.72. The van der Waals surface area contributed by atoms with E-state index in [1.165, 1.54) is 22.6 Å². The van der Waals surface area contributed by atoms with E-state index in [1.807, 2.05) is 18.2 Å². The largest absolute Gasteiger partial charge is 0.416 e.